The number of aromatic nitrogens is 4. The largest absolute Gasteiger partial charge is 0.342 e. The van der Waals surface area contributed by atoms with E-state index in [9.17, 15) is 4.79 Å². The van der Waals surface area contributed by atoms with E-state index in [4.69, 9.17) is 11.6 Å². The maximum absolute atomic E-state index is 12.5. The lowest BCUT2D eigenvalue weighted by molar-refractivity contribution is -0.128. The molecule has 4 rings (SSSR count). The summed E-state index contributed by atoms with van der Waals surface area (Å²) in [5.41, 5.74) is 1.60. The lowest BCUT2D eigenvalue weighted by atomic mass is 10.2. The van der Waals surface area contributed by atoms with Crippen LogP contribution in [-0.4, -0.2) is 49.4 Å². The molecule has 140 valence electrons. The number of benzene rings is 1. The van der Waals surface area contributed by atoms with E-state index in [2.05, 4.69) is 15.1 Å². The average Bonchev–Trinajstić information content (AvgIpc) is 2.94. The zero-order chi connectivity index (χ0) is 18.6. The molecule has 1 saturated heterocycles. The monoisotopic (exact) mass is 401 g/mol. The highest BCUT2D eigenvalue weighted by Crippen LogP contribution is 2.26. The van der Waals surface area contributed by atoms with E-state index in [1.807, 2.05) is 29.2 Å². The molecule has 3 aromatic rings. The van der Waals surface area contributed by atoms with Crippen LogP contribution in [0.2, 0.25) is 5.02 Å². The van der Waals surface area contributed by atoms with Gasteiger partial charge in [-0.2, -0.15) is 5.10 Å². The van der Waals surface area contributed by atoms with Gasteiger partial charge in [-0.3, -0.25) is 4.79 Å². The van der Waals surface area contributed by atoms with Gasteiger partial charge >= 0.3 is 0 Å². The molecular formula is C19H20ClN5OS. The number of hydrogen-bond donors (Lipinski definition) is 0. The van der Waals surface area contributed by atoms with Crippen molar-refractivity contribution in [2.24, 2.45) is 0 Å². The summed E-state index contributed by atoms with van der Waals surface area (Å²) in [5.74, 6) is 0.567. The Morgan fingerprint density at radius 2 is 1.81 bits per heavy atom. The van der Waals surface area contributed by atoms with Gasteiger partial charge in [-0.25, -0.2) is 14.6 Å². The highest BCUT2D eigenvalue weighted by atomic mass is 35.5. The highest BCUT2D eigenvalue weighted by Gasteiger charge is 2.17. The first-order valence-electron chi connectivity index (χ1n) is 9.07. The molecule has 0 saturated carbocycles. The zero-order valence-corrected chi connectivity index (χ0v) is 16.4. The molecule has 1 aromatic carbocycles. The van der Waals surface area contributed by atoms with Gasteiger partial charge < -0.3 is 4.90 Å². The molecule has 0 radical (unpaired) electrons. The van der Waals surface area contributed by atoms with E-state index in [1.54, 1.807) is 10.9 Å². The van der Waals surface area contributed by atoms with E-state index >= 15 is 0 Å². The maximum atomic E-state index is 12.5. The fourth-order valence-electron chi connectivity index (χ4n) is 3.25. The van der Waals surface area contributed by atoms with Crippen LogP contribution in [-0.2, 0) is 4.79 Å². The minimum absolute atomic E-state index is 0.179. The van der Waals surface area contributed by atoms with Gasteiger partial charge in [0.1, 0.15) is 11.4 Å². The maximum Gasteiger partial charge on any atom is 0.232 e. The normalized spacial score (nSPS) is 15.1. The molecule has 1 aliphatic heterocycles. The van der Waals surface area contributed by atoms with Crippen molar-refractivity contribution in [2.45, 2.75) is 30.7 Å². The molecule has 1 aliphatic rings. The van der Waals surface area contributed by atoms with Crippen molar-refractivity contribution in [1.82, 2.24) is 24.6 Å². The van der Waals surface area contributed by atoms with E-state index < -0.39 is 0 Å². The van der Waals surface area contributed by atoms with Crippen LogP contribution < -0.4 is 0 Å². The molecule has 1 amide bonds. The summed E-state index contributed by atoms with van der Waals surface area (Å²) in [6, 6.07) is 7.43. The van der Waals surface area contributed by atoms with Gasteiger partial charge in [0.05, 0.1) is 23.0 Å². The average molecular weight is 402 g/mol. The Labute approximate surface area is 166 Å². The molecule has 0 aliphatic carbocycles. The molecule has 0 unspecified atom stereocenters. The third kappa shape index (κ3) is 4.09. The summed E-state index contributed by atoms with van der Waals surface area (Å²) in [5, 5.41) is 6.75. The topological polar surface area (TPSA) is 63.9 Å². The number of nitrogens with zero attached hydrogens (tertiary/aromatic N) is 5. The number of thioether (sulfide) groups is 1. The smallest absolute Gasteiger partial charge is 0.232 e. The van der Waals surface area contributed by atoms with Crippen LogP contribution in [0, 0.1) is 0 Å². The van der Waals surface area contributed by atoms with Gasteiger partial charge in [0, 0.05) is 18.1 Å². The summed E-state index contributed by atoms with van der Waals surface area (Å²) in [6.07, 6.45) is 7.91. The number of carbonyl (C=O) groups excluding carboxylic acids is 1. The minimum Gasteiger partial charge on any atom is -0.342 e. The minimum atomic E-state index is 0.179. The third-order valence-electron chi connectivity index (χ3n) is 4.69. The number of halogens is 1. The first kappa shape index (κ1) is 18.3. The molecule has 0 spiro atoms. The molecule has 1 fully saturated rings. The first-order chi connectivity index (χ1) is 13.2. The molecule has 0 atom stereocenters. The predicted molar refractivity (Wildman–Crippen MR) is 107 cm³/mol. The second-order valence-corrected chi connectivity index (χ2v) is 7.93. The fraction of sp³-hybridized carbons (Fsp3) is 0.368. The highest BCUT2D eigenvalue weighted by molar-refractivity contribution is 8.00. The standard InChI is InChI=1S/C19H20ClN5OS/c20-14-5-7-15(8-6-14)25-18-16(11-23-25)19(22-13-21-18)27-12-17(26)24-9-3-1-2-4-10-24/h5-8,11,13H,1-4,9-10,12H2. The number of carbonyl (C=O) groups is 1. The van der Waals surface area contributed by atoms with Crippen LogP contribution in [0.3, 0.4) is 0 Å². The molecular weight excluding hydrogens is 382 g/mol. The number of likely N-dealkylation sites (tertiary alicyclic amines) is 1. The number of hydrogen-bond acceptors (Lipinski definition) is 5. The van der Waals surface area contributed by atoms with E-state index in [-0.39, 0.29) is 5.91 Å². The van der Waals surface area contributed by atoms with Gasteiger partial charge in [-0.05, 0) is 37.1 Å². The number of amides is 1. The van der Waals surface area contributed by atoms with Crippen LogP contribution in [0.5, 0.6) is 0 Å². The Hall–Kier alpha value is -2.12. The van der Waals surface area contributed by atoms with Gasteiger partial charge in [-0.15, -0.1) is 0 Å². The van der Waals surface area contributed by atoms with Crippen molar-refractivity contribution in [3.8, 4) is 5.69 Å². The summed E-state index contributed by atoms with van der Waals surface area (Å²) in [4.78, 5) is 23.3. The second kappa shape index (κ2) is 8.27. The number of fused-ring (bicyclic) bond motifs is 1. The fourth-order valence-corrected chi connectivity index (χ4v) is 4.24. The van der Waals surface area contributed by atoms with Crippen LogP contribution in [0.4, 0.5) is 0 Å². The van der Waals surface area contributed by atoms with Gasteiger partial charge in [0.2, 0.25) is 5.91 Å². The van der Waals surface area contributed by atoms with E-state index in [1.165, 1.54) is 30.9 Å². The zero-order valence-electron chi connectivity index (χ0n) is 14.8. The van der Waals surface area contributed by atoms with Gasteiger partial charge in [0.25, 0.3) is 0 Å². The molecule has 3 heterocycles. The van der Waals surface area contributed by atoms with Crippen molar-refractivity contribution >= 4 is 40.3 Å². The Morgan fingerprint density at radius 3 is 2.56 bits per heavy atom. The lowest BCUT2D eigenvalue weighted by Gasteiger charge is -2.19. The molecule has 8 heteroatoms. The van der Waals surface area contributed by atoms with Crippen molar-refractivity contribution in [3.05, 3.63) is 41.8 Å². The summed E-state index contributed by atoms with van der Waals surface area (Å²) in [7, 11) is 0. The van der Waals surface area contributed by atoms with Crippen LogP contribution in [0.15, 0.2) is 41.8 Å². The Kier molecular flexibility index (Phi) is 5.59. The SMILES string of the molecule is O=C(CSc1ncnc2c1cnn2-c1ccc(Cl)cc1)N1CCCCCC1. The van der Waals surface area contributed by atoms with Crippen molar-refractivity contribution < 1.29 is 4.79 Å². The Bertz CT molecular complexity index is 935. The van der Waals surface area contributed by atoms with E-state index in [0.29, 0.717) is 10.8 Å². The van der Waals surface area contributed by atoms with Gasteiger partial charge in [-0.1, -0.05) is 36.2 Å². The van der Waals surface area contributed by atoms with Crippen LogP contribution in [0.25, 0.3) is 16.7 Å². The third-order valence-corrected chi connectivity index (χ3v) is 5.93. The molecule has 27 heavy (non-hydrogen) atoms. The Balaban J connectivity index is 1.52. The molecule has 0 N–H and O–H groups in total. The van der Waals surface area contributed by atoms with Crippen LogP contribution >= 0.6 is 23.4 Å². The molecule has 6 nitrogen and oxygen atoms in total. The lowest BCUT2D eigenvalue weighted by Crippen LogP contribution is -2.33. The number of rotatable bonds is 4. The van der Waals surface area contributed by atoms with Crippen molar-refractivity contribution in [1.29, 1.82) is 0 Å². The molecule has 2 aromatic heterocycles. The van der Waals surface area contributed by atoms with E-state index in [0.717, 1.165) is 47.7 Å². The van der Waals surface area contributed by atoms with Crippen molar-refractivity contribution in [3.63, 3.8) is 0 Å². The molecule has 0 bridgehead atoms. The Morgan fingerprint density at radius 1 is 1.07 bits per heavy atom. The first-order valence-corrected chi connectivity index (χ1v) is 10.4. The second-order valence-electron chi connectivity index (χ2n) is 6.53. The van der Waals surface area contributed by atoms with Crippen molar-refractivity contribution in [2.75, 3.05) is 18.8 Å². The predicted octanol–water partition coefficient (Wildman–Crippen LogP) is 3.96. The van der Waals surface area contributed by atoms with Gasteiger partial charge in [0.15, 0.2) is 5.65 Å². The summed E-state index contributed by atoms with van der Waals surface area (Å²) < 4.78 is 1.76. The summed E-state index contributed by atoms with van der Waals surface area (Å²) >= 11 is 7.42. The summed E-state index contributed by atoms with van der Waals surface area (Å²) in [6.45, 7) is 1.74. The quantitative estimate of drug-likeness (QED) is 0.489. The van der Waals surface area contributed by atoms with Crippen LogP contribution in [0.1, 0.15) is 25.7 Å².